The van der Waals surface area contributed by atoms with Gasteiger partial charge in [-0.3, -0.25) is 9.78 Å². The molecule has 2 heterocycles. The van der Waals surface area contributed by atoms with Crippen molar-refractivity contribution in [3.05, 3.63) is 47.3 Å². The molecule has 2 aromatic rings. The van der Waals surface area contributed by atoms with Gasteiger partial charge in [0.1, 0.15) is 5.82 Å². The molecule has 2 unspecified atom stereocenters. The van der Waals surface area contributed by atoms with Gasteiger partial charge >= 0.3 is 0 Å². The van der Waals surface area contributed by atoms with Gasteiger partial charge in [0.25, 0.3) is 15.9 Å². The molecule has 2 atom stereocenters. The number of amides is 1. The predicted molar refractivity (Wildman–Crippen MR) is 117 cm³/mol. The number of nitrogens with one attached hydrogen (secondary N) is 1. The summed E-state index contributed by atoms with van der Waals surface area (Å²) in [5, 5.41) is -0.289. The van der Waals surface area contributed by atoms with Gasteiger partial charge in [-0.15, -0.1) is 0 Å². The van der Waals surface area contributed by atoms with Crippen LogP contribution in [0.4, 0.5) is 5.82 Å². The van der Waals surface area contributed by atoms with Gasteiger partial charge in [-0.05, 0) is 43.0 Å². The molecule has 162 valence electrons. The maximum atomic E-state index is 13.0. The second kappa shape index (κ2) is 8.34. The molecule has 0 saturated heterocycles. The van der Waals surface area contributed by atoms with E-state index in [9.17, 15) is 13.2 Å². The summed E-state index contributed by atoms with van der Waals surface area (Å²) in [6.07, 6.45) is 4.10. The molecule has 0 aliphatic heterocycles. The Kier molecular flexibility index (Phi) is 6.17. The lowest BCUT2D eigenvalue weighted by Gasteiger charge is -2.29. The van der Waals surface area contributed by atoms with E-state index in [1.165, 1.54) is 18.2 Å². The fourth-order valence-corrected chi connectivity index (χ4v) is 4.83. The van der Waals surface area contributed by atoms with Gasteiger partial charge in [0.2, 0.25) is 0 Å². The summed E-state index contributed by atoms with van der Waals surface area (Å²) in [6.45, 7) is 8.41. The molecular weight excluding hydrogens is 400 g/mol. The number of anilines is 1. The van der Waals surface area contributed by atoms with Crippen molar-refractivity contribution in [2.45, 2.75) is 69.7 Å². The van der Waals surface area contributed by atoms with Crippen LogP contribution in [0.3, 0.4) is 0 Å². The first kappa shape index (κ1) is 22.2. The molecule has 30 heavy (non-hydrogen) atoms. The zero-order valence-electron chi connectivity index (χ0n) is 18.0. The Balaban J connectivity index is 1.98. The van der Waals surface area contributed by atoms with Crippen LogP contribution in [0.1, 0.15) is 81.0 Å². The number of nitrogen functional groups attached to an aromatic ring is 1. The Bertz CT molecular complexity index is 1040. The maximum absolute atomic E-state index is 13.0. The number of hydrogen-bond acceptors (Lipinski definition) is 6. The van der Waals surface area contributed by atoms with Crippen LogP contribution in [0, 0.1) is 5.92 Å². The Morgan fingerprint density at radius 1 is 1.13 bits per heavy atom. The van der Waals surface area contributed by atoms with Crippen molar-refractivity contribution < 1.29 is 13.2 Å². The number of aromatic nitrogens is 2. The van der Waals surface area contributed by atoms with Crippen LogP contribution >= 0.6 is 0 Å². The van der Waals surface area contributed by atoms with Gasteiger partial charge in [-0.25, -0.2) is 9.71 Å². The van der Waals surface area contributed by atoms with E-state index < -0.39 is 15.9 Å². The van der Waals surface area contributed by atoms with Crippen LogP contribution in [0.25, 0.3) is 0 Å². The molecule has 1 aliphatic carbocycles. The minimum atomic E-state index is -4.15. The van der Waals surface area contributed by atoms with Crippen molar-refractivity contribution in [3.63, 3.8) is 0 Å². The largest absolute Gasteiger partial charge is 0.384 e. The molecule has 1 amide bonds. The monoisotopic (exact) mass is 430 g/mol. The molecule has 7 nitrogen and oxygen atoms in total. The summed E-state index contributed by atoms with van der Waals surface area (Å²) < 4.78 is 27.5. The number of nitrogens with two attached hydrogens (primary N) is 1. The molecule has 0 spiro atoms. The normalized spacial score (nSPS) is 20.0. The molecule has 2 aromatic heterocycles. The number of carbonyl (C=O) groups is 1. The highest BCUT2D eigenvalue weighted by Crippen LogP contribution is 2.37. The molecule has 0 aromatic carbocycles. The third kappa shape index (κ3) is 4.98. The molecule has 1 aliphatic rings. The van der Waals surface area contributed by atoms with Crippen molar-refractivity contribution in [2.24, 2.45) is 5.92 Å². The quantitative estimate of drug-likeness (QED) is 0.763. The van der Waals surface area contributed by atoms with Crippen LogP contribution in [0.5, 0.6) is 0 Å². The van der Waals surface area contributed by atoms with E-state index in [0.717, 1.165) is 31.4 Å². The Morgan fingerprint density at radius 3 is 2.50 bits per heavy atom. The van der Waals surface area contributed by atoms with E-state index in [2.05, 4.69) is 37.4 Å². The van der Waals surface area contributed by atoms with Gasteiger partial charge in [-0.2, -0.15) is 8.42 Å². The van der Waals surface area contributed by atoms with E-state index in [1.807, 2.05) is 0 Å². The van der Waals surface area contributed by atoms with E-state index >= 15 is 0 Å². The highest BCUT2D eigenvalue weighted by Gasteiger charge is 2.30. The summed E-state index contributed by atoms with van der Waals surface area (Å²) in [4.78, 5) is 21.7. The smallest absolute Gasteiger partial charge is 0.281 e. The van der Waals surface area contributed by atoms with Gasteiger partial charge in [0, 0.05) is 17.0 Å². The predicted octanol–water partition coefficient (Wildman–Crippen LogP) is 3.77. The average Bonchev–Trinajstić information content (AvgIpc) is 2.66. The molecule has 0 radical (unpaired) electrons. The lowest BCUT2D eigenvalue weighted by Crippen LogP contribution is -2.33. The van der Waals surface area contributed by atoms with Gasteiger partial charge < -0.3 is 5.73 Å². The Labute approximate surface area is 178 Å². The first-order chi connectivity index (χ1) is 14.0. The minimum Gasteiger partial charge on any atom is -0.384 e. The minimum absolute atomic E-state index is 0.0680. The SMILES string of the molecule is CC1CCCC(c2nc(C(C)(C)C)ccc2C(=O)NS(=O)(=O)c2cccc(N)n2)C1. The van der Waals surface area contributed by atoms with Crippen molar-refractivity contribution >= 4 is 21.7 Å². The third-order valence-corrected chi connectivity index (χ3v) is 6.74. The van der Waals surface area contributed by atoms with Crippen molar-refractivity contribution in [3.8, 4) is 0 Å². The Hall–Kier alpha value is -2.48. The number of hydrogen-bond donors (Lipinski definition) is 2. The molecular formula is C22H30N4O3S. The van der Waals surface area contributed by atoms with Gasteiger partial charge in [0.05, 0.1) is 11.3 Å². The molecule has 3 N–H and O–H groups in total. The summed E-state index contributed by atoms with van der Waals surface area (Å²) in [7, 11) is -4.15. The van der Waals surface area contributed by atoms with Crippen molar-refractivity contribution in [1.29, 1.82) is 0 Å². The summed E-state index contributed by atoms with van der Waals surface area (Å²) in [5.41, 5.74) is 7.28. The molecule has 1 fully saturated rings. The second-order valence-corrected chi connectivity index (χ2v) is 10.8. The first-order valence-electron chi connectivity index (χ1n) is 10.3. The maximum Gasteiger partial charge on any atom is 0.281 e. The lowest BCUT2D eigenvalue weighted by atomic mass is 9.79. The number of nitrogens with zero attached hydrogens (tertiary/aromatic N) is 2. The molecule has 3 rings (SSSR count). The number of rotatable bonds is 4. The van der Waals surface area contributed by atoms with E-state index in [1.54, 1.807) is 12.1 Å². The molecule has 8 heteroatoms. The fourth-order valence-electron chi connectivity index (χ4n) is 3.89. The van der Waals surface area contributed by atoms with Crippen LogP contribution in [0.15, 0.2) is 35.4 Å². The molecule has 0 bridgehead atoms. The van der Waals surface area contributed by atoms with Crippen LogP contribution in [-0.2, 0) is 15.4 Å². The Morgan fingerprint density at radius 2 is 1.87 bits per heavy atom. The van der Waals surface area contributed by atoms with Crippen LogP contribution in [0.2, 0.25) is 0 Å². The van der Waals surface area contributed by atoms with Gasteiger partial charge in [0.15, 0.2) is 5.03 Å². The molecule has 1 saturated carbocycles. The highest BCUT2D eigenvalue weighted by molar-refractivity contribution is 7.90. The average molecular weight is 431 g/mol. The standard InChI is InChI=1S/C22H30N4O3S/c1-14-7-5-8-15(13-14)20-16(11-12-17(24-20)22(2,3)4)21(27)26-30(28,29)19-10-6-9-18(23)25-19/h6,9-12,14-15H,5,7-8,13H2,1-4H3,(H2,23,25)(H,26,27). The van der Waals surface area contributed by atoms with E-state index in [4.69, 9.17) is 10.7 Å². The van der Waals surface area contributed by atoms with E-state index in [-0.39, 0.29) is 22.2 Å². The summed E-state index contributed by atoms with van der Waals surface area (Å²) in [6, 6.07) is 7.76. The zero-order chi connectivity index (χ0) is 22.1. The highest BCUT2D eigenvalue weighted by atomic mass is 32.2. The van der Waals surface area contributed by atoms with Crippen LogP contribution in [-0.4, -0.2) is 24.3 Å². The lowest BCUT2D eigenvalue weighted by molar-refractivity contribution is 0.0978. The van der Waals surface area contributed by atoms with Crippen molar-refractivity contribution in [2.75, 3.05) is 5.73 Å². The third-order valence-electron chi connectivity index (χ3n) is 5.51. The number of carbonyl (C=O) groups excluding carboxylic acids is 1. The topological polar surface area (TPSA) is 115 Å². The van der Waals surface area contributed by atoms with Gasteiger partial charge in [-0.1, -0.05) is 46.6 Å². The first-order valence-corrected chi connectivity index (χ1v) is 11.8. The second-order valence-electron chi connectivity index (χ2n) is 9.18. The number of sulfonamides is 1. The summed E-state index contributed by atoms with van der Waals surface area (Å²) in [5.74, 6) is 0.0452. The number of pyridine rings is 2. The van der Waals surface area contributed by atoms with E-state index in [0.29, 0.717) is 17.2 Å². The fraction of sp³-hybridized carbons (Fsp3) is 0.500. The summed E-state index contributed by atoms with van der Waals surface area (Å²) >= 11 is 0. The zero-order valence-corrected chi connectivity index (χ0v) is 18.8. The van der Waals surface area contributed by atoms with Crippen LogP contribution < -0.4 is 10.5 Å². The van der Waals surface area contributed by atoms with Crippen molar-refractivity contribution in [1.82, 2.24) is 14.7 Å².